The molecule has 2 unspecified atom stereocenters. The lowest BCUT2D eigenvalue weighted by Crippen LogP contribution is -2.28. The van der Waals surface area contributed by atoms with Crippen LogP contribution in [0.2, 0.25) is 0 Å². The fourth-order valence-electron chi connectivity index (χ4n) is 2.60. The molecular weight excluding hydrogens is 186 g/mol. The van der Waals surface area contributed by atoms with Gasteiger partial charge in [0.25, 0.3) is 0 Å². The van der Waals surface area contributed by atoms with Gasteiger partial charge in [0.15, 0.2) is 0 Å². The molecule has 1 rings (SSSR count). The predicted molar refractivity (Wildman–Crippen MR) is 61.2 cm³/mol. The minimum Gasteiger partial charge on any atom is -0.391 e. The van der Waals surface area contributed by atoms with E-state index in [0.29, 0.717) is 5.92 Å². The predicted octanol–water partition coefficient (Wildman–Crippen LogP) is 3.26. The highest BCUT2D eigenvalue weighted by Gasteiger charge is 2.27. The van der Waals surface area contributed by atoms with Gasteiger partial charge in [-0.3, -0.25) is 0 Å². The summed E-state index contributed by atoms with van der Waals surface area (Å²) in [5.74, 6) is 0.238. The monoisotopic (exact) mass is 209 g/mol. The highest BCUT2D eigenvalue weighted by molar-refractivity contribution is 4.91. The lowest BCUT2D eigenvalue weighted by molar-refractivity contribution is 0.0602. The van der Waals surface area contributed by atoms with Crippen molar-refractivity contribution in [2.75, 3.05) is 0 Å². The summed E-state index contributed by atoms with van der Waals surface area (Å²) < 4.78 is 0. The number of hydrogen-bond donors (Lipinski definition) is 1. The van der Waals surface area contributed by atoms with Crippen LogP contribution < -0.4 is 0 Å². The molecule has 1 aliphatic carbocycles. The average Bonchev–Trinajstić information content (AvgIpc) is 2.53. The van der Waals surface area contributed by atoms with Crippen molar-refractivity contribution >= 4 is 0 Å². The van der Waals surface area contributed by atoms with Gasteiger partial charge in [-0.1, -0.05) is 39.0 Å². The average molecular weight is 209 g/mol. The zero-order valence-corrected chi connectivity index (χ0v) is 9.78. The van der Waals surface area contributed by atoms with Gasteiger partial charge in [-0.05, 0) is 25.2 Å². The maximum absolute atomic E-state index is 10.2. The van der Waals surface area contributed by atoms with Crippen LogP contribution in [0.1, 0.15) is 58.3 Å². The van der Waals surface area contributed by atoms with Crippen LogP contribution in [0.3, 0.4) is 0 Å². The van der Waals surface area contributed by atoms with Crippen LogP contribution in [0.5, 0.6) is 0 Å². The number of aliphatic hydroxyl groups is 1. The molecule has 0 aromatic rings. The molecule has 2 atom stereocenters. The molecule has 0 aromatic heterocycles. The fourth-order valence-corrected chi connectivity index (χ4v) is 2.60. The van der Waals surface area contributed by atoms with E-state index in [2.05, 4.69) is 13.0 Å². The van der Waals surface area contributed by atoms with Crippen LogP contribution in [-0.4, -0.2) is 11.2 Å². The minimum atomic E-state index is -0.381. The first-order valence-electron chi connectivity index (χ1n) is 6.37. The van der Waals surface area contributed by atoms with Crippen molar-refractivity contribution in [1.82, 2.24) is 0 Å². The third-order valence-corrected chi connectivity index (χ3v) is 3.56. The van der Waals surface area contributed by atoms with E-state index in [1.807, 2.05) is 0 Å². The molecule has 15 heavy (non-hydrogen) atoms. The Morgan fingerprint density at radius 1 is 1.27 bits per heavy atom. The summed E-state index contributed by atoms with van der Waals surface area (Å²) in [5, 5.41) is 19.2. The van der Waals surface area contributed by atoms with E-state index in [1.54, 1.807) is 0 Å². The summed E-state index contributed by atoms with van der Waals surface area (Å²) >= 11 is 0. The Balaban J connectivity index is 2.48. The van der Waals surface area contributed by atoms with Crippen LogP contribution >= 0.6 is 0 Å². The van der Waals surface area contributed by atoms with E-state index in [-0.39, 0.29) is 12.0 Å². The number of hydrogen-bond acceptors (Lipinski definition) is 2. The molecule has 1 N–H and O–H groups in total. The molecule has 2 heteroatoms. The summed E-state index contributed by atoms with van der Waals surface area (Å²) in [5.41, 5.74) is 0. The van der Waals surface area contributed by atoms with Crippen molar-refractivity contribution in [3.63, 3.8) is 0 Å². The first kappa shape index (κ1) is 12.5. The van der Waals surface area contributed by atoms with Gasteiger partial charge >= 0.3 is 0 Å². The Kier molecular flexibility index (Phi) is 5.71. The quantitative estimate of drug-likeness (QED) is 0.722. The molecular formula is C13H23NO. The van der Waals surface area contributed by atoms with Crippen LogP contribution in [0, 0.1) is 23.2 Å². The van der Waals surface area contributed by atoms with Gasteiger partial charge in [0.05, 0.1) is 18.1 Å². The number of nitrogens with zero attached hydrogens (tertiary/aromatic N) is 1. The zero-order chi connectivity index (χ0) is 11.1. The first-order chi connectivity index (χ1) is 7.29. The second-order valence-electron chi connectivity index (χ2n) is 4.77. The van der Waals surface area contributed by atoms with Crippen molar-refractivity contribution in [2.24, 2.45) is 11.8 Å². The third kappa shape index (κ3) is 3.83. The van der Waals surface area contributed by atoms with Crippen molar-refractivity contribution in [2.45, 2.75) is 64.4 Å². The van der Waals surface area contributed by atoms with Crippen LogP contribution in [0.4, 0.5) is 0 Å². The summed E-state index contributed by atoms with van der Waals surface area (Å²) in [6.45, 7) is 2.07. The molecule has 86 valence electrons. The Morgan fingerprint density at radius 2 is 1.87 bits per heavy atom. The summed E-state index contributed by atoms with van der Waals surface area (Å²) in [4.78, 5) is 0. The second kappa shape index (κ2) is 6.85. The Labute approximate surface area is 93.3 Å². The maximum Gasteiger partial charge on any atom is 0.0726 e. The van der Waals surface area contributed by atoms with E-state index < -0.39 is 0 Å². The van der Waals surface area contributed by atoms with Crippen LogP contribution in [0.25, 0.3) is 0 Å². The molecule has 0 heterocycles. The first-order valence-corrected chi connectivity index (χ1v) is 6.37. The van der Waals surface area contributed by atoms with E-state index in [4.69, 9.17) is 5.26 Å². The highest BCUT2D eigenvalue weighted by Crippen LogP contribution is 2.29. The molecule has 0 aliphatic heterocycles. The van der Waals surface area contributed by atoms with Gasteiger partial charge in [-0.25, -0.2) is 0 Å². The number of rotatable bonds is 4. The van der Waals surface area contributed by atoms with Gasteiger partial charge in [0.2, 0.25) is 0 Å². The topological polar surface area (TPSA) is 44.0 Å². The second-order valence-corrected chi connectivity index (χ2v) is 4.77. The smallest absolute Gasteiger partial charge is 0.0726 e. The van der Waals surface area contributed by atoms with E-state index >= 15 is 0 Å². The van der Waals surface area contributed by atoms with Crippen molar-refractivity contribution in [3.05, 3.63) is 0 Å². The van der Waals surface area contributed by atoms with Crippen molar-refractivity contribution in [1.29, 1.82) is 5.26 Å². The Bertz CT molecular complexity index is 201. The standard InChI is InChI=1S/C13H23NO/c1-2-7-12(10-14)13(15)11-8-5-3-4-6-9-11/h11-13,15H,2-9H2,1H3. The largest absolute Gasteiger partial charge is 0.391 e. The normalized spacial score (nSPS) is 22.7. The summed E-state index contributed by atoms with van der Waals surface area (Å²) in [6, 6.07) is 2.27. The molecule has 0 radical (unpaired) electrons. The van der Waals surface area contributed by atoms with Crippen LogP contribution in [0.15, 0.2) is 0 Å². The molecule has 0 aromatic carbocycles. The number of nitriles is 1. The van der Waals surface area contributed by atoms with Gasteiger partial charge in [-0.15, -0.1) is 0 Å². The summed E-state index contributed by atoms with van der Waals surface area (Å²) in [6.07, 6.45) is 8.73. The molecule has 0 saturated heterocycles. The summed E-state index contributed by atoms with van der Waals surface area (Å²) in [7, 11) is 0. The Hall–Kier alpha value is -0.550. The molecule has 0 amide bonds. The lowest BCUT2D eigenvalue weighted by atomic mass is 9.84. The van der Waals surface area contributed by atoms with Gasteiger partial charge in [-0.2, -0.15) is 5.26 Å². The molecule has 1 aliphatic rings. The Morgan fingerprint density at radius 3 is 2.33 bits per heavy atom. The molecule has 1 fully saturated rings. The SMILES string of the molecule is CCCC(C#N)C(O)C1CCCCCC1. The minimum absolute atomic E-state index is 0.141. The van der Waals surface area contributed by atoms with Gasteiger partial charge in [0.1, 0.15) is 0 Å². The number of aliphatic hydroxyl groups excluding tert-OH is 1. The van der Waals surface area contributed by atoms with E-state index in [0.717, 1.165) is 25.7 Å². The molecule has 2 nitrogen and oxygen atoms in total. The van der Waals surface area contributed by atoms with Crippen molar-refractivity contribution in [3.8, 4) is 6.07 Å². The van der Waals surface area contributed by atoms with Gasteiger partial charge in [0, 0.05) is 0 Å². The van der Waals surface area contributed by atoms with E-state index in [1.165, 1.54) is 25.7 Å². The zero-order valence-electron chi connectivity index (χ0n) is 9.78. The van der Waals surface area contributed by atoms with Crippen molar-refractivity contribution < 1.29 is 5.11 Å². The maximum atomic E-state index is 10.2. The molecule has 0 bridgehead atoms. The highest BCUT2D eigenvalue weighted by atomic mass is 16.3. The molecule has 1 saturated carbocycles. The van der Waals surface area contributed by atoms with E-state index in [9.17, 15) is 5.11 Å². The van der Waals surface area contributed by atoms with Crippen LogP contribution in [-0.2, 0) is 0 Å². The fraction of sp³-hybridized carbons (Fsp3) is 0.923. The molecule has 0 spiro atoms. The van der Waals surface area contributed by atoms with Gasteiger partial charge < -0.3 is 5.11 Å². The lowest BCUT2D eigenvalue weighted by Gasteiger charge is -2.24. The third-order valence-electron chi connectivity index (χ3n) is 3.56.